The highest BCUT2D eigenvalue weighted by Crippen LogP contribution is 2.44. The van der Waals surface area contributed by atoms with Crippen LogP contribution in [0.1, 0.15) is 19.8 Å². The molecule has 2 aromatic heterocycles. The number of hydrogen-bond donors (Lipinski definition) is 1. The first kappa shape index (κ1) is 10.1. The molecule has 4 nitrogen and oxygen atoms in total. The number of aromatic nitrogens is 3. The third kappa shape index (κ3) is 1.80. The number of fused-ring (bicyclic) bond motifs is 1. The van der Waals surface area contributed by atoms with Crippen molar-refractivity contribution < 1.29 is 0 Å². The van der Waals surface area contributed by atoms with Crippen molar-refractivity contribution in [2.24, 2.45) is 5.41 Å². The molecule has 0 aliphatic heterocycles. The van der Waals surface area contributed by atoms with E-state index in [2.05, 4.69) is 38.3 Å². The van der Waals surface area contributed by atoms with Crippen LogP contribution in [0, 0.1) is 5.41 Å². The lowest BCUT2D eigenvalue weighted by Gasteiger charge is -2.06. The van der Waals surface area contributed by atoms with Crippen LogP contribution in [0.5, 0.6) is 0 Å². The fraction of sp³-hybridized carbons (Fsp3) is 0.455. The van der Waals surface area contributed by atoms with Gasteiger partial charge in [0, 0.05) is 12.7 Å². The molecule has 0 unspecified atom stereocenters. The molecular weight excluding hydrogens is 268 g/mol. The van der Waals surface area contributed by atoms with Crippen LogP contribution < -0.4 is 5.32 Å². The minimum atomic E-state index is 0.467. The van der Waals surface area contributed by atoms with E-state index in [0.29, 0.717) is 11.4 Å². The van der Waals surface area contributed by atoms with Crippen LogP contribution in [0.3, 0.4) is 0 Å². The second kappa shape index (κ2) is 3.45. The van der Waals surface area contributed by atoms with E-state index in [1.54, 1.807) is 4.52 Å². The maximum absolute atomic E-state index is 4.44. The fourth-order valence-electron chi connectivity index (χ4n) is 1.63. The fourth-order valence-corrected chi connectivity index (χ4v) is 2.05. The maximum atomic E-state index is 4.44. The Bertz CT molecular complexity index is 530. The molecule has 0 aromatic carbocycles. The zero-order chi connectivity index (χ0) is 11.2. The second-order valence-electron chi connectivity index (χ2n) is 4.72. The number of nitrogens with one attached hydrogen (secondary N) is 1. The highest BCUT2D eigenvalue weighted by Gasteiger charge is 2.37. The quantitative estimate of drug-likeness (QED) is 0.940. The Labute approximate surface area is 102 Å². The van der Waals surface area contributed by atoms with E-state index in [-0.39, 0.29) is 0 Å². The molecule has 0 atom stereocenters. The summed E-state index contributed by atoms with van der Waals surface area (Å²) >= 11 is 3.46. The third-order valence-electron chi connectivity index (χ3n) is 3.09. The number of rotatable bonds is 3. The zero-order valence-corrected chi connectivity index (χ0v) is 10.7. The van der Waals surface area contributed by atoms with Gasteiger partial charge < -0.3 is 5.32 Å². The largest absolute Gasteiger partial charge is 0.352 e. The molecule has 1 saturated carbocycles. The summed E-state index contributed by atoms with van der Waals surface area (Å²) in [7, 11) is 0. The van der Waals surface area contributed by atoms with E-state index in [1.807, 2.05) is 18.3 Å². The SMILES string of the molecule is CC1(CNc2nc3c(Br)cccn3n2)CC1. The van der Waals surface area contributed by atoms with Gasteiger partial charge in [-0.05, 0) is 46.3 Å². The van der Waals surface area contributed by atoms with E-state index in [1.165, 1.54) is 12.8 Å². The highest BCUT2D eigenvalue weighted by molar-refractivity contribution is 9.10. The van der Waals surface area contributed by atoms with Crippen molar-refractivity contribution >= 4 is 27.5 Å². The Hall–Kier alpha value is -1.10. The molecule has 0 radical (unpaired) electrons. The molecule has 0 saturated heterocycles. The summed E-state index contributed by atoms with van der Waals surface area (Å²) in [6.07, 6.45) is 4.51. The van der Waals surface area contributed by atoms with Gasteiger partial charge in [0.1, 0.15) is 0 Å². The maximum Gasteiger partial charge on any atom is 0.243 e. The molecular formula is C11H13BrN4. The lowest BCUT2D eigenvalue weighted by atomic mass is 10.1. The van der Waals surface area contributed by atoms with Gasteiger partial charge in [-0.25, -0.2) is 4.52 Å². The van der Waals surface area contributed by atoms with Gasteiger partial charge in [-0.1, -0.05) is 6.92 Å². The van der Waals surface area contributed by atoms with Gasteiger partial charge in [-0.3, -0.25) is 0 Å². The summed E-state index contributed by atoms with van der Waals surface area (Å²) in [5, 5.41) is 7.67. The molecule has 0 spiro atoms. The normalized spacial score (nSPS) is 17.6. The van der Waals surface area contributed by atoms with E-state index in [0.717, 1.165) is 16.7 Å². The summed E-state index contributed by atoms with van der Waals surface area (Å²) in [6.45, 7) is 3.24. The molecule has 0 amide bonds. The Morgan fingerprint density at radius 1 is 1.56 bits per heavy atom. The predicted molar refractivity (Wildman–Crippen MR) is 66.5 cm³/mol. The number of anilines is 1. The lowest BCUT2D eigenvalue weighted by Crippen LogP contribution is -2.12. The highest BCUT2D eigenvalue weighted by atomic mass is 79.9. The topological polar surface area (TPSA) is 42.2 Å². The van der Waals surface area contributed by atoms with Gasteiger partial charge in [0.2, 0.25) is 5.95 Å². The second-order valence-corrected chi connectivity index (χ2v) is 5.58. The van der Waals surface area contributed by atoms with Crippen LogP contribution in [0.25, 0.3) is 5.65 Å². The molecule has 5 heteroatoms. The van der Waals surface area contributed by atoms with Crippen molar-refractivity contribution in [3.05, 3.63) is 22.8 Å². The molecule has 1 aliphatic rings. The molecule has 1 fully saturated rings. The average molecular weight is 281 g/mol. The number of halogens is 1. The molecule has 3 rings (SSSR count). The minimum absolute atomic E-state index is 0.467. The van der Waals surface area contributed by atoms with E-state index in [9.17, 15) is 0 Å². The first-order chi connectivity index (χ1) is 7.66. The number of pyridine rings is 1. The molecule has 2 heterocycles. The van der Waals surface area contributed by atoms with Crippen molar-refractivity contribution in [2.75, 3.05) is 11.9 Å². The van der Waals surface area contributed by atoms with Crippen LogP contribution in [-0.4, -0.2) is 21.1 Å². The van der Waals surface area contributed by atoms with E-state index < -0.39 is 0 Å². The predicted octanol–water partition coefficient (Wildman–Crippen LogP) is 2.70. The van der Waals surface area contributed by atoms with Crippen LogP contribution in [0.4, 0.5) is 5.95 Å². The Morgan fingerprint density at radius 2 is 2.38 bits per heavy atom. The van der Waals surface area contributed by atoms with Gasteiger partial charge >= 0.3 is 0 Å². The number of nitrogens with zero attached hydrogens (tertiary/aromatic N) is 3. The molecule has 1 N–H and O–H groups in total. The first-order valence-corrected chi connectivity index (χ1v) is 6.20. The first-order valence-electron chi connectivity index (χ1n) is 5.41. The number of hydrogen-bond acceptors (Lipinski definition) is 3. The van der Waals surface area contributed by atoms with Crippen molar-refractivity contribution in [1.29, 1.82) is 0 Å². The van der Waals surface area contributed by atoms with Gasteiger partial charge in [0.15, 0.2) is 5.65 Å². The summed E-state index contributed by atoms with van der Waals surface area (Å²) < 4.78 is 2.75. The Kier molecular flexibility index (Phi) is 2.17. The van der Waals surface area contributed by atoms with Gasteiger partial charge in [0.25, 0.3) is 0 Å². The van der Waals surface area contributed by atoms with Crippen molar-refractivity contribution in [1.82, 2.24) is 14.6 Å². The molecule has 1 aliphatic carbocycles. The third-order valence-corrected chi connectivity index (χ3v) is 3.71. The molecule has 0 bridgehead atoms. The summed E-state index contributed by atoms with van der Waals surface area (Å²) in [5.74, 6) is 0.708. The Balaban J connectivity index is 1.85. The van der Waals surface area contributed by atoms with Crippen LogP contribution in [-0.2, 0) is 0 Å². The monoisotopic (exact) mass is 280 g/mol. The van der Waals surface area contributed by atoms with Gasteiger partial charge in [0.05, 0.1) is 4.47 Å². The van der Waals surface area contributed by atoms with Crippen molar-refractivity contribution in [3.8, 4) is 0 Å². The van der Waals surface area contributed by atoms with Crippen LogP contribution in [0.15, 0.2) is 22.8 Å². The van der Waals surface area contributed by atoms with Crippen LogP contribution >= 0.6 is 15.9 Å². The lowest BCUT2D eigenvalue weighted by molar-refractivity contribution is 0.607. The van der Waals surface area contributed by atoms with Crippen molar-refractivity contribution in [2.45, 2.75) is 19.8 Å². The van der Waals surface area contributed by atoms with Crippen molar-refractivity contribution in [3.63, 3.8) is 0 Å². The van der Waals surface area contributed by atoms with E-state index in [4.69, 9.17) is 0 Å². The minimum Gasteiger partial charge on any atom is -0.352 e. The smallest absolute Gasteiger partial charge is 0.243 e. The summed E-state index contributed by atoms with van der Waals surface area (Å²) in [6, 6.07) is 3.91. The average Bonchev–Trinajstić information content (AvgIpc) is 2.84. The molecule has 2 aromatic rings. The molecule has 16 heavy (non-hydrogen) atoms. The van der Waals surface area contributed by atoms with Gasteiger partial charge in [-0.2, -0.15) is 4.98 Å². The molecule has 84 valence electrons. The Morgan fingerprint density at radius 3 is 3.06 bits per heavy atom. The van der Waals surface area contributed by atoms with Gasteiger partial charge in [-0.15, -0.1) is 5.10 Å². The standard InChI is InChI=1S/C11H13BrN4/c1-11(4-5-11)7-13-10-14-9-8(12)3-2-6-16(9)15-10/h2-3,6H,4-5,7H2,1H3,(H,13,15). The summed E-state index contributed by atoms with van der Waals surface area (Å²) in [4.78, 5) is 4.44. The van der Waals surface area contributed by atoms with Crippen LogP contribution in [0.2, 0.25) is 0 Å². The summed E-state index contributed by atoms with van der Waals surface area (Å²) in [5.41, 5.74) is 1.32. The van der Waals surface area contributed by atoms with E-state index >= 15 is 0 Å². The zero-order valence-electron chi connectivity index (χ0n) is 9.07.